The SMILES string of the molecule is COC(=O)c1ccc(S(=O)(=O)Nc2cccc(C#N)c2)cc1. The van der Waals surface area contributed by atoms with E-state index in [4.69, 9.17) is 5.26 Å². The molecule has 0 aliphatic carbocycles. The Labute approximate surface area is 128 Å². The van der Waals surface area contributed by atoms with Crippen molar-refractivity contribution in [2.24, 2.45) is 0 Å². The van der Waals surface area contributed by atoms with E-state index in [-0.39, 0.29) is 16.1 Å². The first kappa shape index (κ1) is 15.5. The molecule has 0 spiro atoms. The van der Waals surface area contributed by atoms with Crippen molar-refractivity contribution < 1.29 is 17.9 Å². The monoisotopic (exact) mass is 316 g/mol. The predicted molar refractivity (Wildman–Crippen MR) is 79.7 cm³/mol. The molecule has 1 N–H and O–H groups in total. The van der Waals surface area contributed by atoms with Crippen molar-refractivity contribution in [1.29, 1.82) is 5.26 Å². The first-order chi connectivity index (χ1) is 10.5. The van der Waals surface area contributed by atoms with Crippen molar-refractivity contribution in [2.75, 3.05) is 11.8 Å². The number of esters is 1. The number of hydrogen-bond donors (Lipinski definition) is 1. The Bertz CT molecular complexity index is 837. The van der Waals surface area contributed by atoms with Gasteiger partial charge < -0.3 is 4.74 Å². The molecule has 2 aromatic carbocycles. The zero-order valence-electron chi connectivity index (χ0n) is 11.6. The van der Waals surface area contributed by atoms with Crippen LogP contribution in [0.25, 0.3) is 0 Å². The third-order valence-electron chi connectivity index (χ3n) is 2.83. The number of benzene rings is 2. The molecule has 0 bridgehead atoms. The molecule has 0 aliphatic rings. The molecule has 0 amide bonds. The van der Waals surface area contributed by atoms with Crippen LogP contribution in [0.2, 0.25) is 0 Å². The fourth-order valence-electron chi connectivity index (χ4n) is 1.75. The zero-order chi connectivity index (χ0) is 16.2. The molecular formula is C15H12N2O4S. The van der Waals surface area contributed by atoms with E-state index in [0.717, 1.165) is 0 Å². The summed E-state index contributed by atoms with van der Waals surface area (Å²) in [5, 5.41) is 8.81. The van der Waals surface area contributed by atoms with Gasteiger partial charge in [-0.05, 0) is 42.5 Å². The van der Waals surface area contributed by atoms with Crippen LogP contribution in [0.4, 0.5) is 5.69 Å². The van der Waals surface area contributed by atoms with Gasteiger partial charge in [-0.1, -0.05) is 6.07 Å². The van der Waals surface area contributed by atoms with Crippen molar-refractivity contribution in [1.82, 2.24) is 0 Å². The van der Waals surface area contributed by atoms with Crippen LogP contribution in [0.15, 0.2) is 53.4 Å². The van der Waals surface area contributed by atoms with E-state index in [1.165, 1.54) is 37.4 Å². The van der Waals surface area contributed by atoms with Crippen molar-refractivity contribution >= 4 is 21.7 Å². The smallest absolute Gasteiger partial charge is 0.337 e. The molecule has 0 saturated heterocycles. The third kappa shape index (κ3) is 3.42. The van der Waals surface area contributed by atoms with Crippen molar-refractivity contribution in [3.63, 3.8) is 0 Å². The molecule has 0 radical (unpaired) electrons. The molecule has 0 unspecified atom stereocenters. The third-order valence-corrected chi connectivity index (χ3v) is 4.23. The maximum absolute atomic E-state index is 12.2. The van der Waals surface area contributed by atoms with E-state index in [1.807, 2.05) is 6.07 Å². The van der Waals surface area contributed by atoms with Crippen molar-refractivity contribution in [3.8, 4) is 6.07 Å². The fraction of sp³-hybridized carbons (Fsp3) is 0.0667. The number of anilines is 1. The van der Waals surface area contributed by atoms with Crippen LogP contribution in [-0.4, -0.2) is 21.5 Å². The molecule has 2 aromatic rings. The number of carbonyl (C=O) groups is 1. The number of nitriles is 1. The minimum atomic E-state index is -3.80. The second kappa shape index (κ2) is 6.28. The topological polar surface area (TPSA) is 96.3 Å². The minimum absolute atomic E-state index is 0.00233. The lowest BCUT2D eigenvalue weighted by Crippen LogP contribution is -2.13. The van der Waals surface area contributed by atoms with Gasteiger partial charge in [-0.2, -0.15) is 5.26 Å². The molecule has 22 heavy (non-hydrogen) atoms. The minimum Gasteiger partial charge on any atom is -0.465 e. The van der Waals surface area contributed by atoms with Crippen LogP contribution in [0, 0.1) is 11.3 Å². The Hall–Kier alpha value is -2.85. The summed E-state index contributed by atoms with van der Waals surface area (Å²) in [7, 11) is -2.55. The zero-order valence-corrected chi connectivity index (χ0v) is 12.4. The van der Waals surface area contributed by atoms with Gasteiger partial charge in [0, 0.05) is 0 Å². The number of hydrogen-bond acceptors (Lipinski definition) is 5. The summed E-state index contributed by atoms with van der Waals surface area (Å²) in [5.41, 5.74) is 0.894. The van der Waals surface area contributed by atoms with E-state index < -0.39 is 16.0 Å². The summed E-state index contributed by atoms with van der Waals surface area (Å²) in [5.74, 6) is -0.543. The lowest BCUT2D eigenvalue weighted by molar-refractivity contribution is 0.0600. The Balaban J connectivity index is 2.27. The second-order valence-electron chi connectivity index (χ2n) is 4.31. The lowest BCUT2D eigenvalue weighted by atomic mass is 10.2. The Morgan fingerprint density at radius 3 is 2.45 bits per heavy atom. The van der Waals surface area contributed by atoms with E-state index in [9.17, 15) is 13.2 Å². The average Bonchev–Trinajstić information content (AvgIpc) is 2.54. The highest BCUT2D eigenvalue weighted by Gasteiger charge is 2.15. The van der Waals surface area contributed by atoms with Gasteiger partial charge in [0.15, 0.2) is 0 Å². The van der Waals surface area contributed by atoms with Crippen LogP contribution < -0.4 is 4.72 Å². The predicted octanol–water partition coefficient (Wildman–Crippen LogP) is 2.15. The van der Waals surface area contributed by atoms with Crippen LogP contribution in [0.1, 0.15) is 15.9 Å². The Kier molecular flexibility index (Phi) is 4.44. The van der Waals surface area contributed by atoms with Crippen molar-refractivity contribution in [2.45, 2.75) is 4.90 Å². The fourth-order valence-corrected chi connectivity index (χ4v) is 2.80. The molecule has 0 aromatic heterocycles. The summed E-state index contributed by atoms with van der Waals surface area (Å²) in [6.45, 7) is 0. The average molecular weight is 316 g/mol. The first-order valence-corrected chi connectivity index (χ1v) is 7.66. The molecule has 0 atom stereocenters. The summed E-state index contributed by atoms with van der Waals surface area (Å²) >= 11 is 0. The van der Waals surface area contributed by atoms with Gasteiger partial charge in [-0.3, -0.25) is 4.72 Å². The summed E-state index contributed by atoms with van der Waals surface area (Å²) < 4.78 is 31.4. The molecule has 0 fully saturated rings. The van der Waals surface area contributed by atoms with Crippen LogP contribution >= 0.6 is 0 Å². The van der Waals surface area contributed by atoms with Gasteiger partial charge in [0.2, 0.25) is 0 Å². The second-order valence-corrected chi connectivity index (χ2v) is 6.00. The van der Waals surface area contributed by atoms with Gasteiger partial charge in [0.05, 0.1) is 34.9 Å². The number of methoxy groups -OCH3 is 1. The number of nitrogens with zero attached hydrogens (tertiary/aromatic N) is 1. The number of sulfonamides is 1. The van der Waals surface area contributed by atoms with E-state index in [1.54, 1.807) is 18.2 Å². The number of rotatable bonds is 4. The maximum Gasteiger partial charge on any atom is 0.337 e. The molecule has 6 nitrogen and oxygen atoms in total. The number of nitrogens with one attached hydrogen (secondary N) is 1. The Morgan fingerprint density at radius 2 is 1.86 bits per heavy atom. The van der Waals surface area contributed by atoms with Crippen molar-refractivity contribution in [3.05, 3.63) is 59.7 Å². The number of ether oxygens (including phenoxy) is 1. The van der Waals surface area contributed by atoms with Crippen LogP contribution in [0.3, 0.4) is 0 Å². The first-order valence-electron chi connectivity index (χ1n) is 6.17. The van der Waals surface area contributed by atoms with Gasteiger partial charge in [-0.25, -0.2) is 13.2 Å². The molecule has 112 valence electrons. The highest BCUT2D eigenvalue weighted by molar-refractivity contribution is 7.92. The van der Waals surface area contributed by atoms with Crippen LogP contribution in [0.5, 0.6) is 0 Å². The summed E-state index contributed by atoms with van der Waals surface area (Å²) in [4.78, 5) is 11.3. The van der Waals surface area contributed by atoms with E-state index in [0.29, 0.717) is 5.56 Å². The molecular weight excluding hydrogens is 304 g/mol. The molecule has 2 rings (SSSR count). The molecule has 0 aliphatic heterocycles. The quantitative estimate of drug-likeness (QED) is 0.872. The van der Waals surface area contributed by atoms with Gasteiger partial charge >= 0.3 is 5.97 Å². The maximum atomic E-state index is 12.2. The molecule has 7 heteroatoms. The van der Waals surface area contributed by atoms with Gasteiger partial charge in [0.1, 0.15) is 0 Å². The molecule has 0 heterocycles. The van der Waals surface area contributed by atoms with Crippen LogP contribution in [-0.2, 0) is 14.8 Å². The van der Waals surface area contributed by atoms with Gasteiger partial charge in [0.25, 0.3) is 10.0 Å². The van der Waals surface area contributed by atoms with E-state index >= 15 is 0 Å². The van der Waals surface area contributed by atoms with Gasteiger partial charge in [-0.15, -0.1) is 0 Å². The largest absolute Gasteiger partial charge is 0.465 e. The highest BCUT2D eigenvalue weighted by Crippen LogP contribution is 2.17. The van der Waals surface area contributed by atoms with E-state index in [2.05, 4.69) is 9.46 Å². The standard InChI is InChI=1S/C15H12N2O4S/c1-21-15(18)12-5-7-14(8-6-12)22(19,20)17-13-4-2-3-11(9-13)10-16/h2-9,17H,1H3. The molecule has 0 saturated carbocycles. The summed E-state index contributed by atoms with van der Waals surface area (Å²) in [6, 6.07) is 13.4. The normalized spacial score (nSPS) is 10.5. The Morgan fingerprint density at radius 1 is 1.18 bits per heavy atom. The summed E-state index contributed by atoms with van der Waals surface area (Å²) in [6.07, 6.45) is 0. The highest BCUT2D eigenvalue weighted by atomic mass is 32.2. The number of carbonyl (C=O) groups excluding carboxylic acids is 1. The lowest BCUT2D eigenvalue weighted by Gasteiger charge is -2.08.